The predicted molar refractivity (Wildman–Crippen MR) is 452 cm³/mol. The number of fused-ring (bicyclic) bond motifs is 21. The van der Waals surface area contributed by atoms with E-state index in [0.717, 1.165) is 35.3 Å². The Hall–Kier alpha value is -3.95. The van der Waals surface area contributed by atoms with Crippen molar-refractivity contribution in [1.29, 1.82) is 0 Å². The zero-order valence-corrected chi connectivity index (χ0v) is 78.9. The van der Waals surface area contributed by atoms with E-state index in [4.69, 9.17) is 53.5 Å². The molecule has 3 aliphatic heterocycles. The van der Waals surface area contributed by atoms with Crippen LogP contribution >= 0.6 is 45.5 Å². The number of carbonyl (C=O) groups excluding carboxylic acids is 6. The zero-order chi connectivity index (χ0) is 88.8. The maximum Gasteiger partial charge on any atom is 1.00 e. The minimum Gasteiger partial charge on any atom is -1.00 e. The van der Waals surface area contributed by atoms with Crippen molar-refractivity contribution in [2.75, 3.05) is 45.4 Å². The molecule has 3 saturated heterocycles. The molecule has 35 heteroatoms. The number of ketones is 6. The molecule has 21 nitrogen and oxygen atoms in total. The second kappa shape index (κ2) is 35.7. The summed E-state index contributed by atoms with van der Waals surface area (Å²) in [5, 5.41) is 51.7. The summed E-state index contributed by atoms with van der Waals surface area (Å²) in [6, 6.07) is 21.8. The van der Waals surface area contributed by atoms with Gasteiger partial charge in [-0.05, 0) is 210 Å². The van der Waals surface area contributed by atoms with Crippen LogP contribution in [0.2, 0.25) is 15.1 Å². The van der Waals surface area contributed by atoms with Gasteiger partial charge in [0.15, 0.2) is 68.5 Å². The van der Waals surface area contributed by atoms with Crippen molar-refractivity contribution in [3.05, 3.63) is 176 Å². The number of hydroxylamine groups is 6. The maximum atomic E-state index is 17.6. The van der Waals surface area contributed by atoms with Gasteiger partial charge in [0, 0.05) is 133 Å². The molecule has 4 N–H and O–H groups in total. The normalized spacial score (nSPS) is 42.2. The number of hydrogen-bond donors (Lipinski definition) is 4. The Bertz CT molecular complexity index is 5240. The molecular weight excluding hydrogens is 1890 g/mol. The fraction of sp³-hybridized carbons (Fsp3) is 0.604. The SMILES string of the molecule is C.C.CC(=O)[C@@]12ON(Cc3ccc(Cl)cc3)C[C@@H]1C[C@H]1[C@@H]3C[C@H](F)C4=CC(=O)C=C[C@]4(C)[C@@]3(F)[C@@H](O)C[C@@]12C.CS(=O)(=O)Cl.C[C@]12C=CC(=O)C=C1[C@@H](F)C[C@H]1[C@@H]3C[C@H]4CN(Cc5ccc(Cl)cc5)O[C@@]4(C(=O)CO)[C@@]3(C)C[C@H](O)[C@@]12F.C[C@]12C=CC(=O)C=C1[C@@H](F)C[C@H]1[C@@H]3C[C@H]4CN(Cc5ccc(Cl)cc5)O[C@@]4(C(=O)COS(C)(=O)=O)[C@@]3(C)C[C@H](O)[C@@]12F.[I-].[Na+]. The molecule has 27 atom stereocenters. The third-order valence-electron chi connectivity index (χ3n) is 31.7. The molecule has 18 rings (SSSR count). The van der Waals surface area contributed by atoms with Crippen LogP contribution in [0.4, 0.5) is 26.3 Å². The number of allylic oxidation sites excluding steroid dienone is 12. The average Bonchev–Trinajstić information content (AvgIpc) is 1.46. The molecule has 12 fully saturated rings. The molecule has 15 aliphatic rings. The molecular formula is C91H109Cl4F6IN3NaO18S2. The van der Waals surface area contributed by atoms with Gasteiger partial charge in [-0.25, -0.2) is 34.8 Å². The molecule has 126 heavy (non-hydrogen) atoms. The first kappa shape index (κ1) is 103. The Balaban J connectivity index is 0.000000176. The van der Waals surface area contributed by atoms with Crippen molar-refractivity contribution in [1.82, 2.24) is 15.2 Å². The second-order valence-electron chi connectivity index (χ2n) is 37.9. The van der Waals surface area contributed by atoms with Gasteiger partial charge in [0.2, 0.25) is 9.05 Å². The van der Waals surface area contributed by atoms with E-state index >= 15 is 26.3 Å². The molecule has 9 saturated carbocycles. The molecule has 0 amide bonds. The summed E-state index contributed by atoms with van der Waals surface area (Å²) in [5.74, 6) is -7.72. The van der Waals surface area contributed by atoms with E-state index in [1.54, 1.807) is 72.4 Å². The van der Waals surface area contributed by atoms with Crippen LogP contribution in [0.5, 0.6) is 0 Å². The predicted octanol–water partition coefficient (Wildman–Crippen LogP) is 8.27. The van der Waals surface area contributed by atoms with Crippen LogP contribution in [-0.2, 0) is 86.3 Å². The Morgan fingerprint density at radius 2 is 0.738 bits per heavy atom. The summed E-state index contributed by atoms with van der Waals surface area (Å²) in [6.45, 7) is 12.4. The molecule has 0 spiro atoms. The summed E-state index contributed by atoms with van der Waals surface area (Å²) in [7, 11) is -2.66. The van der Waals surface area contributed by atoms with E-state index in [1.165, 1.54) is 62.5 Å². The van der Waals surface area contributed by atoms with Crippen molar-refractivity contribution in [3.63, 3.8) is 0 Å². The third-order valence-corrected chi connectivity index (χ3v) is 33.1. The number of halogens is 11. The van der Waals surface area contributed by atoms with Gasteiger partial charge >= 0.3 is 29.6 Å². The number of nitrogens with zero attached hydrogens (tertiary/aromatic N) is 3. The van der Waals surface area contributed by atoms with Crippen LogP contribution in [0.1, 0.15) is 138 Å². The molecule has 0 radical (unpaired) electrons. The smallest absolute Gasteiger partial charge is 1.00 e. The Labute approximate surface area is 790 Å². The Kier molecular flexibility index (Phi) is 29.1. The maximum absolute atomic E-state index is 17.6. The van der Waals surface area contributed by atoms with Crippen LogP contribution in [0.25, 0.3) is 0 Å². The molecule has 3 aromatic carbocycles. The minimum absolute atomic E-state index is 0. The largest absolute Gasteiger partial charge is 1.00 e. The van der Waals surface area contributed by atoms with Gasteiger partial charge in [-0.15, -0.1) is 0 Å². The Morgan fingerprint density at radius 3 is 1.01 bits per heavy atom. The number of hydrogen-bond acceptors (Lipinski definition) is 21. The van der Waals surface area contributed by atoms with Crippen LogP contribution < -0.4 is 53.5 Å². The van der Waals surface area contributed by atoms with E-state index in [-0.39, 0.29) is 159 Å². The molecule has 0 unspecified atom stereocenters. The first-order valence-electron chi connectivity index (χ1n) is 41.2. The summed E-state index contributed by atoms with van der Waals surface area (Å²) >= 11 is 18.1. The van der Waals surface area contributed by atoms with E-state index in [9.17, 15) is 66.0 Å². The summed E-state index contributed by atoms with van der Waals surface area (Å²) in [4.78, 5) is 96.7. The van der Waals surface area contributed by atoms with E-state index in [1.807, 2.05) is 50.2 Å². The van der Waals surface area contributed by atoms with Crippen molar-refractivity contribution >= 4 is 99.4 Å². The average molecular weight is 2000 g/mol. The van der Waals surface area contributed by atoms with Gasteiger partial charge in [-0.2, -0.15) is 23.6 Å². The van der Waals surface area contributed by atoms with Gasteiger partial charge in [-0.1, -0.05) is 125 Å². The second-order valence-corrected chi connectivity index (χ2v) is 43.9. The van der Waals surface area contributed by atoms with Crippen molar-refractivity contribution in [2.45, 2.75) is 211 Å². The van der Waals surface area contributed by atoms with Crippen molar-refractivity contribution in [3.8, 4) is 0 Å². The minimum atomic E-state index is -3.97. The number of Topliss-reactive ketones (excluding diaryl/α,β-unsaturated/α-hetero) is 3. The van der Waals surface area contributed by atoms with Gasteiger partial charge < -0.3 is 44.4 Å². The molecule has 12 aliphatic carbocycles. The molecule has 3 aromatic rings. The zero-order valence-electron chi connectivity index (χ0n) is 70.1. The molecule has 0 bridgehead atoms. The molecule has 3 heterocycles. The summed E-state index contributed by atoms with van der Waals surface area (Å²) in [5.41, 5.74) is -15.7. The van der Waals surface area contributed by atoms with Crippen LogP contribution in [0.15, 0.2) is 144 Å². The van der Waals surface area contributed by atoms with Crippen LogP contribution in [-0.4, -0.2) is 203 Å². The third kappa shape index (κ3) is 15.8. The van der Waals surface area contributed by atoms with Gasteiger partial charge in [0.05, 0.1) is 30.8 Å². The topological polar surface area (TPSA) is 298 Å². The number of rotatable bonds is 13. The number of benzene rings is 3. The number of carbonyl (C=O) groups is 6. The monoisotopic (exact) mass is 2000 g/mol. The fourth-order valence-corrected chi connectivity index (χ4v) is 27.4. The first-order valence-corrected chi connectivity index (χ1v) is 46.9. The molecule has 0 aromatic heterocycles. The van der Waals surface area contributed by atoms with Gasteiger partial charge in [0.25, 0.3) is 10.1 Å². The fourth-order valence-electron chi connectivity index (χ4n) is 26.7. The van der Waals surface area contributed by atoms with Gasteiger partial charge in [-0.3, -0.25) is 47.5 Å². The number of aliphatic hydroxyl groups is 4. The van der Waals surface area contributed by atoms with E-state index in [0.29, 0.717) is 67.1 Å². The van der Waals surface area contributed by atoms with Crippen molar-refractivity contribution < 1.29 is 165 Å². The summed E-state index contributed by atoms with van der Waals surface area (Å²) in [6.07, 6.45) is 4.27. The Morgan fingerprint density at radius 1 is 0.476 bits per heavy atom. The standard InChI is InChI=1S/C30H34ClF2NO7S.C29H32ClF2NO5.C29H32ClF2NO4.CH3ClO2S.2CH4.HI.Na/c1-27-9-8-20(35)11-23(27)24(32)12-22-21-10-18-15-34(14-17-4-6-19(31)7-5-17)41-30(18,26(37)16-40-42(3,38)39)28(21,2)13-25(36)29(22,27)33;1-26-8-7-19(35)10-22(26)23(31)11-21-20-9-17-14-33(13-16-3-5-18(30)6-4-16)38-29(17,25(37)15-34)27(20,2)12-24(36)28(21,26)32;1-16(34)29-18(15-33(37-29)14-17-4-6-19(30)7-5-17)10-21-22-12-24(31)23-11-20(35)8-9-26(23,2)28(22,32)25(36)13-27(21,29)3;1-5(2,3)4;;;;/h4-9,11,18,21-22,24-25,36H,10,12-16H2,1-3H3;3-8,10,17,20-21,23-24,34,36H,9,11-15H2,1-2H3;4-9,11,18,21-22,24-25,36H,10,12-15H2,1-3H3;1H3;2*1H4;1H;/q;;;;;;;+1/p-1/t18-,21-,22-,24-,25-,27-,28-,29-,30-;17-,20-,21-,23-,24-,26-,27-,28-,29-;18-,21-,22-,24-,25-,26-,27-,28-,29+;;;;;/m000...../s1. The first-order chi connectivity index (χ1) is 56.8. The van der Waals surface area contributed by atoms with E-state index in [2.05, 4.69) is 10.7 Å². The number of aliphatic hydroxyl groups excluding tert-OH is 4. The van der Waals surface area contributed by atoms with Crippen LogP contribution in [0.3, 0.4) is 0 Å². The van der Waals surface area contributed by atoms with Crippen molar-refractivity contribution in [2.24, 2.45) is 85.8 Å². The number of alkyl halides is 6. The van der Waals surface area contributed by atoms with Gasteiger partial charge in [0.1, 0.15) is 31.7 Å². The summed E-state index contributed by atoms with van der Waals surface area (Å²) < 4.78 is 147. The quantitative estimate of drug-likeness (QED) is 0.0411. The van der Waals surface area contributed by atoms with Crippen LogP contribution in [0, 0.1) is 85.8 Å². The molecule has 686 valence electrons. The van der Waals surface area contributed by atoms with E-state index < -0.39 is 194 Å².